The molecule has 1 fully saturated rings. The van der Waals surface area contributed by atoms with E-state index in [9.17, 15) is 0 Å². The lowest BCUT2D eigenvalue weighted by atomic mass is 9.66. The first-order valence-electron chi connectivity index (χ1n) is 5.19. The van der Waals surface area contributed by atoms with E-state index in [1.165, 1.54) is 6.42 Å². The van der Waals surface area contributed by atoms with E-state index in [-0.39, 0.29) is 0 Å². The Labute approximate surface area is 81.1 Å². The largest absolute Gasteiger partial charge is 0.313 e. The van der Waals surface area contributed by atoms with Crippen molar-refractivity contribution >= 4 is 0 Å². The molecular formula is C11H20N2. The molecule has 0 bridgehead atoms. The van der Waals surface area contributed by atoms with Crippen LogP contribution in [0.25, 0.3) is 0 Å². The zero-order chi connectivity index (χ0) is 10.1. The number of hydrogen-bond donors (Lipinski definition) is 1. The maximum atomic E-state index is 9.11. The van der Waals surface area contributed by atoms with E-state index in [4.69, 9.17) is 11.0 Å². The van der Waals surface area contributed by atoms with Gasteiger partial charge < -0.3 is 5.73 Å². The van der Waals surface area contributed by atoms with Crippen LogP contribution < -0.4 is 5.73 Å². The van der Waals surface area contributed by atoms with Crippen LogP contribution in [-0.4, -0.2) is 5.54 Å². The van der Waals surface area contributed by atoms with Gasteiger partial charge in [0.25, 0.3) is 0 Å². The van der Waals surface area contributed by atoms with Gasteiger partial charge in [0.1, 0.15) is 5.54 Å². The highest BCUT2D eigenvalue weighted by atomic mass is 14.8. The van der Waals surface area contributed by atoms with Gasteiger partial charge in [0.05, 0.1) is 6.07 Å². The minimum atomic E-state index is -0.564. The Morgan fingerprint density at radius 1 is 1.46 bits per heavy atom. The van der Waals surface area contributed by atoms with Crippen molar-refractivity contribution in [1.82, 2.24) is 0 Å². The van der Waals surface area contributed by atoms with Crippen molar-refractivity contribution in [1.29, 1.82) is 5.26 Å². The summed E-state index contributed by atoms with van der Waals surface area (Å²) in [6, 6.07) is 2.32. The van der Waals surface area contributed by atoms with Crippen molar-refractivity contribution < 1.29 is 0 Å². The van der Waals surface area contributed by atoms with Crippen molar-refractivity contribution in [2.24, 2.45) is 23.5 Å². The highest BCUT2D eigenvalue weighted by Crippen LogP contribution is 2.38. The summed E-state index contributed by atoms with van der Waals surface area (Å²) in [5.41, 5.74) is 5.57. The molecule has 2 heteroatoms. The molecule has 0 aromatic heterocycles. The monoisotopic (exact) mass is 180 g/mol. The number of hydrogen-bond acceptors (Lipinski definition) is 2. The number of nitrogens with zero attached hydrogens (tertiary/aromatic N) is 1. The molecule has 2 nitrogen and oxygen atoms in total. The Morgan fingerprint density at radius 3 is 2.54 bits per heavy atom. The lowest BCUT2D eigenvalue weighted by molar-refractivity contribution is 0.152. The van der Waals surface area contributed by atoms with Crippen LogP contribution in [0.4, 0.5) is 0 Å². The third kappa shape index (κ3) is 2.03. The van der Waals surface area contributed by atoms with Crippen LogP contribution in [-0.2, 0) is 0 Å². The van der Waals surface area contributed by atoms with Crippen LogP contribution in [0, 0.1) is 29.1 Å². The summed E-state index contributed by atoms with van der Waals surface area (Å²) in [6.45, 7) is 6.52. The van der Waals surface area contributed by atoms with Gasteiger partial charge in [-0.3, -0.25) is 0 Å². The van der Waals surface area contributed by atoms with Crippen molar-refractivity contribution in [2.75, 3.05) is 0 Å². The average Bonchev–Trinajstić information content (AvgIpc) is 2.03. The average molecular weight is 180 g/mol. The standard InChI is InChI=1S/C11H20N2/c1-8(2)10-5-4-9(3)6-11(10,13)7-12/h8-10H,4-6,13H2,1-3H3. The maximum absolute atomic E-state index is 9.11. The fourth-order valence-electron chi connectivity index (χ4n) is 2.61. The van der Waals surface area contributed by atoms with Crippen molar-refractivity contribution in [3.05, 3.63) is 0 Å². The van der Waals surface area contributed by atoms with E-state index < -0.39 is 5.54 Å². The fraction of sp³-hybridized carbons (Fsp3) is 0.909. The highest BCUT2D eigenvalue weighted by molar-refractivity contribution is 5.11. The molecule has 0 aromatic carbocycles. The molecule has 0 amide bonds. The first-order valence-corrected chi connectivity index (χ1v) is 5.19. The molecule has 1 aliphatic carbocycles. The summed E-state index contributed by atoms with van der Waals surface area (Å²) in [5.74, 6) is 1.52. The first-order chi connectivity index (χ1) is 5.99. The molecule has 0 heterocycles. The second-order valence-corrected chi connectivity index (χ2v) is 4.89. The molecule has 13 heavy (non-hydrogen) atoms. The van der Waals surface area contributed by atoms with Gasteiger partial charge in [0, 0.05) is 0 Å². The zero-order valence-electron chi connectivity index (χ0n) is 8.88. The van der Waals surface area contributed by atoms with Gasteiger partial charge in [-0.25, -0.2) is 0 Å². The van der Waals surface area contributed by atoms with Crippen molar-refractivity contribution in [2.45, 2.75) is 45.6 Å². The Kier molecular flexibility index (Phi) is 2.98. The molecule has 3 atom stereocenters. The van der Waals surface area contributed by atoms with E-state index >= 15 is 0 Å². The molecule has 1 saturated carbocycles. The number of nitrogens with two attached hydrogens (primary N) is 1. The summed E-state index contributed by atoms with van der Waals surface area (Å²) in [5, 5.41) is 9.11. The fourth-order valence-corrected chi connectivity index (χ4v) is 2.61. The van der Waals surface area contributed by atoms with Crippen LogP contribution >= 0.6 is 0 Å². The summed E-state index contributed by atoms with van der Waals surface area (Å²) < 4.78 is 0. The molecule has 74 valence electrons. The van der Waals surface area contributed by atoms with Gasteiger partial charge in [0.15, 0.2) is 0 Å². The summed E-state index contributed by atoms with van der Waals surface area (Å²) in [7, 11) is 0. The third-order valence-electron chi connectivity index (χ3n) is 3.33. The molecular weight excluding hydrogens is 160 g/mol. The SMILES string of the molecule is CC1CCC(C(C)C)C(N)(C#N)C1. The van der Waals surface area contributed by atoms with Gasteiger partial charge in [-0.1, -0.05) is 27.2 Å². The second-order valence-electron chi connectivity index (χ2n) is 4.89. The molecule has 3 unspecified atom stereocenters. The summed E-state index contributed by atoms with van der Waals surface area (Å²) in [4.78, 5) is 0. The second kappa shape index (κ2) is 3.67. The topological polar surface area (TPSA) is 49.8 Å². The van der Waals surface area contributed by atoms with Crippen LogP contribution in [0.1, 0.15) is 40.0 Å². The van der Waals surface area contributed by atoms with Crippen LogP contribution in [0.5, 0.6) is 0 Å². The normalized spacial score (nSPS) is 40.3. The van der Waals surface area contributed by atoms with E-state index in [1.54, 1.807) is 0 Å². The molecule has 0 aromatic rings. The van der Waals surface area contributed by atoms with Crippen molar-refractivity contribution in [3.63, 3.8) is 0 Å². The maximum Gasteiger partial charge on any atom is 0.107 e. The van der Waals surface area contributed by atoms with Gasteiger partial charge >= 0.3 is 0 Å². The Morgan fingerprint density at radius 2 is 2.08 bits per heavy atom. The quantitative estimate of drug-likeness (QED) is 0.673. The Hall–Kier alpha value is -0.550. The predicted molar refractivity (Wildman–Crippen MR) is 53.9 cm³/mol. The molecule has 0 radical (unpaired) electrons. The predicted octanol–water partition coefficient (Wildman–Crippen LogP) is 2.30. The molecule has 0 aliphatic heterocycles. The van der Waals surface area contributed by atoms with E-state index in [0.717, 1.165) is 12.8 Å². The number of nitriles is 1. The van der Waals surface area contributed by atoms with Crippen LogP contribution in [0.15, 0.2) is 0 Å². The van der Waals surface area contributed by atoms with E-state index in [1.807, 2.05) is 0 Å². The molecule has 1 rings (SSSR count). The molecule has 1 aliphatic rings. The molecule has 0 saturated heterocycles. The smallest absolute Gasteiger partial charge is 0.107 e. The lowest BCUT2D eigenvalue weighted by Crippen LogP contribution is -2.51. The van der Waals surface area contributed by atoms with Gasteiger partial charge in [-0.2, -0.15) is 5.26 Å². The summed E-state index contributed by atoms with van der Waals surface area (Å²) in [6.07, 6.45) is 3.21. The molecule has 0 spiro atoms. The Bertz CT molecular complexity index is 217. The van der Waals surface area contributed by atoms with E-state index in [0.29, 0.717) is 17.8 Å². The zero-order valence-corrected chi connectivity index (χ0v) is 8.88. The number of rotatable bonds is 1. The van der Waals surface area contributed by atoms with Crippen LogP contribution in [0.3, 0.4) is 0 Å². The van der Waals surface area contributed by atoms with Gasteiger partial charge in [0.2, 0.25) is 0 Å². The minimum Gasteiger partial charge on any atom is -0.313 e. The highest BCUT2D eigenvalue weighted by Gasteiger charge is 2.41. The third-order valence-corrected chi connectivity index (χ3v) is 3.33. The van der Waals surface area contributed by atoms with Crippen LogP contribution in [0.2, 0.25) is 0 Å². The van der Waals surface area contributed by atoms with Gasteiger partial charge in [-0.05, 0) is 30.6 Å². The Balaban J connectivity index is 2.80. The van der Waals surface area contributed by atoms with Crippen molar-refractivity contribution in [3.8, 4) is 6.07 Å². The first kappa shape index (κ1) is 10.5. The minimum absolute atomic E-state index is 0.383. The molecule has 2 N–H and O–H groups in total. The lowest BCUT2D eigenvalue weighted by Gasteiger charge is -2.41. The van der Waals surface area contributed by atoms with Gasteiger partial charge in [-0.15, -0.1) is 0 Å². The summed E-state index contributed by atoms with van der Waals surface area (Å²) >= 11 is 0. The van der Waals surface area contributed by atoms with E-state index in [2.05, 4.69) is 26.8 Å².